The Morgan fingerprint density at radius 1 is 1.13 bits per heavy atom. The van der Waals surface area contributed by atoms with E-state index >= 15 is 0 Å². The number of piperidine rings is 1. The number of benzene rings is 1. The summed E-state index contributed by atoms with van der Waals surface area (Å²) in [4.78, 5) is 23.2. The van der Waals surface area contributed by atoms with Crippen molar-refractivity contribution >= 4 is 17.3 Å². The number of nitrogens with zero attached hydrogens (tertiary/aromatic N) is 3. The maximum atomic E-state index is 13.0. The standard InChI is InChI=1S/C24H27N5O/c1-17-22(3-2-4-23(17)25)19-7-11-29(12-8-19)24(30)20-13-21(16-27-15-20)28-14-18-5-9-26-10-6-18/h2-6,9-10,13,15-16,19,28H,7-8,11-12,14,25H2,1H3. The van der Waals surface area contributed by atoms with E-state index in [9.17, 15) is 4.79 Å². The number of rotatable bonds is 5. The van der Waals surface area contributed by atoms with Crippen LogP contribution in [0.5, 0.6) is 0 Å². The van der Waals surface area contributed by atoms with Crippen LogP contribution in [0.2, 0.25) is 0 Å². The molecule has 30 heavy (non-hydrogen) atoms. The lowest BCUT2D eigenvalue weighted by molar-refractivity contribution is 0.0712. The van der Waals surface area contributed by atoms with Gasteiger partial charge in [0.2, 0.25) is 0 Å². The van der Waals surface area contributed by atoms with Gasteiger partial charge in [-0.2, -0.15) is 0 Å². The summed E-state index contributed by atoms with van der Waals surface area (Å²) >= 11 is 0. The van der Waals surface area contributed by atoms with E-state index in [-0.39, 0.29) is 5.91 Å². The van der Waals surface area contributed by atoms with E-state index in [0.29, 0.717) is 18.0 Å². The molecule has 6 heteroatoms. The first-order chi connectivity index (χ1) is 14.6. The van der Waals surface area contributed by atoms with Crippen LogP contribution < -0.4 is 11.1 Å². The number of hydrogen-bond acceptors (Lipinski definition) is 5. The zero-order valence-electron chi connectivity index (χ0n) is 17.2. The molecule has 0 spiro atoms. The Balaban J connectivity index is 1.38. The van der Waals surface area contributed by atoms with Crippen molar-refractivity contribution in [2.75, 3.05) is 24.1 Å². The van der Waals surface area contributed by atoms with Crippen molar-refractivity contribution in [2.24, 2.45) is 0 Å². The van der Waals surface area contributed by atoms with Gasteiger partial charge in [-0.05, 0) is 66.6 Å². The average Bonchev–Trinajstić information content (AvgIpc) is 2.80. The minimum absolute atomic E-state index is 0.0396. The molecule has 0 aliphatic carbocycles. The molecular formula is C24H27N5O. The predicted octanol–water partition coefficient (Wildman–Crippen LogP) is 4.00. The molecule has 4 rings (SSSR count). The smallest absolute Gasteiger partial charge is 0.255 e. The summed E-state index contributed by atoms with van der Waals surface area (Å²) in [6, 6.07) is 11.9. The van der Waals surface area contributed by atoms with Crippen LogP contribution in [-0.2, 0) is 6.54 Å². The van der Waals surface area contributed by atoms with Gasteiger partial charge in [-0.15, -0.1) is 0 Å². The molecule has 3 heterocycles. The van der Waals surface area contributed by atoms with Crippen molar-refractivity contribution in [1.29, 1.82) is 0 Å². The minimum atomic E-state index is 0.0396. The summed E-state index contributed by atoms with van der Waals surface area (Å²) in [6.45, 7) is 4.23. The fourth-order valence-corrected chi connectivity index (χ4v) is 4.05. The third kappa shape index (κ3) is 4.43. The minimum Gasteiger partial charge on any atom is -0.399 e. The molecular weight excluding hydrogens is 374 g/mol. The Morgan fingerprint density at radius 2 is 1.90 bits per heavy atom. The van der Waals surface area contributed by atoms with Crippen LogP contribution in [0.3, 0.4) is 0 Å². The first-order valence-corrected chi connectivity index (χ1v) is 10.3. The highest BCUT2D eigenvalue weighted by Gasteiger charge is 2.26. The van der Waals surface area contributed by atoms with Crippen molar-refractivity contribution in [3.05, 3.63) is 83.4 Å². The van der Waals surface area contributed by atoms with Gasteiger partial charge in [-0.25, -0.2) is 0 Å². The summed E-state index contributed by atoms with van der Waals surface area (Å²) in [7, 11) is 0. The zero-order valence-corrected chi connectivity index (χ0v) is 17.2. The molecule has 1 saturated heterocycles. The monoisotopic (exact) mass is 401 g/mol. The van der Waals surface area contributed by atoms with Gasteiger partial charge in [-0.1, -0.05) is 12.1 Å². The Morgan fingerprint density at radius 3 is 2.67 bits per heavy atom. The zero-order chi connectivity index (χ0) is 20.9. The average molecular weight is 402 g/mol. The molecule has 1 aliphatic heterocycles. The van der Waals surface area contributed by atoms with E-state index in [4.69, 9.17) is 5.73 Å². The molecule has 0 radical (unpaired) electrons. The van der Waals surface area contributed by atoms with Gasteiger partial charge in [0.1, 0.15) is 0 Å². The van der Waals surface area contributed by atoms with E-state index in [1.54, 1.807) is 24.8 Å². The van der Waals surface area contributed by atoms with Gasteiger partial charge >= 0.3 is 0 Å². The molecule has 1 aliphatic rings. The molecule has 2 aromatic heterocycles. The second-order valence-electron chi connectivity index (χ2n) is 7.80. The number of likely N-dealkylation sites (tertiary alicyclic amines) is 1. The molecule has 0 atom stereocenters. The summed E-state index contributed by atoms with van der Waals surface area (Å²) < 4.78 is 0. The third-order valence-electron chi connectivity index (χ3n) is 5.87. The molecule has 6 nitrogen and oxygen atoms in total. The van der Waals surface area contributed by atoms with Crippen LogP contribution in [0, 0.1) is 6.92 Å². The lowest BCUT2D eigenvalue weighted by Crippen LogP contribution is -2.38. The normalized spacial score (nSPS) is 14.5. The second kappa shape index (κ2) is 8.95. The molecule has 0 bridgehead atoms. The molecule has 3 aromatic rings. The van der Waals surface area contributed by atoms with Crippen molar-refractivity contribution in [3.8, 4) is 0 Å². The number of pyridine rings is 2. The summed E-state index contributed by atoms with van der Waals surface area (Å²) in [5.41, 5.74) is 12.0. The Bertz CT molecular complexity index is 1010. The van der Waals surface area contributed by atoms with Gasteiger partial charge in [0, 0.05) is 50.1 Å². The maximum absolute atomic E-state index is 13.0. The lowest BCUT2D eigenvalue weighted by Gasteiger charge is -2.33. The maximum Gasteiger partial charge on any atom is 0.255 e. The van der Waals surface area contributed by atoms with E-state index in [1.165, 1.54) is 11.1 Å². The Labute approximate surface area is 177 Å². The van der Waals surface area contributed by atoms with Crippen LogP contribution in [0.1, 0.15) is 45.8 Å². The highest BCUT2D eigenvalue weighted by atomic mass is 16.2. The molecule has 1 aromatic carbocycles. The number of anilines is 2. The first kappa shape index (κ1) is 19.9. The number of nitrogen functional groups attached to an aromatic ring is 1. The summed E-state index contributed by atoms with van der Waals surface area (Å²) in [5.74, 6) is 0.488. The lowest BCUT2D eigenvalue weighted by atomic mass is 9.86. The number of carbonyl (C=O) groups is 1. The van der Waals surface area contributed by atoms with Crippen LogP contribution in [-0.4, -0.2) is 33.9 Å². The fraction of sp³-hybridized carbons (Fsp3) is 0.292. The van der Waals surface area contributed by atoms with Crippen LogP contribution in [0.25, 0.3) is 0 Å². The summed E-state index contributed by atoms with van der Waals surface area (Å²) in [6.07, 6.45) is 8.82. The molecule has 1 amide bonds. The topological polar surface area (TPSA) is 84.1 Å². The number of nitrogens with two attached hydrogens (primary N) is 1. The first-order valence-electron chi connectivity index (χ1n) is 10.3. The van der Waals surface area contributed by atoms with Crippen molar-refractivity contribution in [2.45, 2.75) is 32.2 Å². The van der Waals surface area contributed by atoms with E-state index in [1.807, 2.05) is 35.2 Å². The van der Waals surface area contributed by atoms with Gasteiger partial charge in [-0.3, -0.25) is 14.8 Å². The number of nitrogens with one attached hydrogen (secondary N) is 1. The molecule has 154 valence electrons. The SMILES string of the molecule is Cc1c(N)cccc1C1CCN(C(=O)c2cncc(NCc3ccncc3)c2)CC1. The van der Waals surface area contributed by atoms with Gasteiger partial charge in [0.25, 0.3) is 5.91 Å². The van der Waals surface area contributed by atoms with Crippen LogP contribution >= 0.6 is 0 Å². The van der Waals surface area contributed by atoms with E-state index in [2.05, 4.69) is 28.3 Å². The second-order valence-corrected chi connectivity index (χ2v) is 7.80. The Kier molecular flexibility index (Phi) is 5.93. The summed E-state index contributed by atoms with van der Waals surface area (Å²) in [5, 5.41) is 3.33. The van der Waals surface area contributed by atoms with Gasteiger partial charge < -0.3 is 16.0 Å². The highest BCUT2D eigenvalue weighted by Crippen LogP contribution is 2.32. The predicted molar refractivity (Wildman–Crippen MR) is 119 cm³/mol. The van der Waals surface area contributed by atoms with E-state index in [0.717, 1.165) is 42.9 Å². The van der Waals surface area contributed by atoms with Crippen molar-refractivity contribution in [3.63, 3.8) is 0 Å². The van der Waals surface area contributed by atoms with Crippen LogP contribution in [0.15, 0.2) is 61.2 Å². The third-order valence-corrected chi connectivity index (χ3v) is 5.87. The van der Waals surface area contributed by atoms with Crippen molar-refractivity contribution in [1.82, 2.24) is 14.9 Å². The Hall–Kier alpha value is -3.41. The molecule has 3 N–H and O–H groups in total. The molecule has 0 unspecified atom stereocenters. The largest absolute Gasteiger partial charge is 0.399 e. The number of amides is 1. The molecule has 1 fully saturated rings. The fourth-order valence-electron chi connectivity index (χ4n) is 4.05. The number of carbonyl (C=O) groups excluding carboxylic acids is 1. The van der Waals surface area contributed by atoms with Gasteiger partial charge in [0.15, 0.2) is 0 Å². The molecule has 0 saturated carbocycles. The van der Waals surface area contributed by atoms with Crippen LogP contribution in [0.4, 0.5) is 11.4 Å². The number of hydrogen-bond donors (Lipinski definition) is 2. The highest BCUT2D eigenvalue weighted by molar-refractivity contribution is 5.94. The van der Waals surface area contributed by atoms with E-state index < -0.39 is 0 Å². The van der Waals surface area contributed by atoms with Gasteiger partial charge in [0.05, 0.1) is 11.3 Å². The quantitative estimate of drug-likeness (QED) is 0.631. The number of aromatic nitrogens is 2. The van der Waals surface area contributed by atoms with Crippen molar-refractivity contribution < 1.29 is 4.79 Å².